The summed E-state index contributed by atoms with van der Waals surface area (Å²) in [5, 5.41) is 0. The Labute approximate surface area is 117 Å². The van der Waals surface area contributed by atoms with E-state index in [-0.39, 0.29) is 6.04 Å². The average Bonchev–Trinajstić information content (AvgIpc) is 2.82. The zero-order valence-corrected chi connectivity index (χ0v) is 11.1. The quantitative estimate of drug-likeness (QED) is 0.791. The smallest absolute Gasteiger partial charge is 0.197 e. The Morgan fingerprint density at radius 3 is 2.80 bits per heavy atom. The van der Waals surface area contributed by atoms with Crippen LogP contribution < -0.4 is 5.73 Å². The van der Waals surface area contributed by atoms with Crippen LogP contribution in [0.4, 0.5) is 0 Å². The predicted octanol–water partition coefficient (Wildman–Crippen LogP) is 3.04. The topological polar surface area (TPSA) is 52.0 Å². The third-order valence-corrected chi connectivity index (χ3v) is 4.16. The van der Waals surface area contributed by atoms with Gasteiger partial charge in [0.15, 0.2) is 11.5 Å². The summed E-state index contributed by atoms with van der Waals surface area (Å²) < 4.78 is 5.75. The summed E-state index contributed by atoms with van der Waals surface area (Å²) in [5.41, 5.74) is 10.9. The highest BCUT2D eigenvalue weighted by atomic mass is 16.3. The molecule has 1 aliphatic rings. The molecule has 2 unspecified atom stereocenters. The van der Waals surface area contributed by atoms with Crippen molar-refractivity contribution in [3.63, 3.8) is 0 Å². The molecule has 3 heteroatoms. The summed E-state index contributed by atoms with van der Waals surface area (Å²) >= 11 is 0. The number of oxazole rings is 1. The van der Waals surface area contributed by atoms with Crippen LogP contribution in [0.1, 0.15) is 22.9 Å². The van der Waals surface area contributed by atoms with Gasteiger partial charge in [0.25, 0.3) is 0 Å². The maximum absolute atomic E-state index is 6.35. The van der Waals surface area contributed by atoms with Crippen LogP contribution in [-0.4, -0.2) is 11.0 Å². The normalized spacial score (nSPS) is 18.6. The fourth-order valence-corrected chi connectivity index (χ4v) is 3.03. The number of hydrogen-bond acceptors (Lipinski definition) is 3. The van der Waals surface area contributed by atoms with Gasteiger partial charge in [-0.2, -0.15) is 0 Å². The molecular formula is C17H16N2O. The second kappa shape index (κ2) is 4.46. The molecule has 0 spiro atoms. The lowest BCUT2D eigenvalue weighted by molar-refractivity contribution is 0.431. The largest absolute Gasteiger partial charge is 0.441 e. The lowest BCUT2D eigenvalue weighted by Crippen LogP contribution is -2.37. The van der Waals surface area contributed by atoms with Crippen molar-refractivity contribution in [1.82, 2.24) is 4.98 Å². The van der Waals surface area contributed by atoms with Gasteiger partial charge in [-0.05, 0) is 29.7 Å². The number of hydrogen-bond donors (Lipinski definition) is 1. The van der Waals surface area contributed by atoms with Gasteiger partial charge >= 0.3 is 0 Å². The number of para-hydroxylation sites is 2. The first kappa shape index (κ1) is 11.7. The SMILES string of the molecule is NC(Cc1nc2ccccc2o1)C1Cc2ccccc21. The molecule has 0 saturated heterocycles. The van der Waals surface area contributed by atoms with Crippen molar-refractivity contribution in [2.45, 2.75) is 24.8 Å². The van der Waals surface area contributed by atoms with Crippen LogP contribution in [-0.2, 0) is 12.8 Å². The molecule has 20 heavy (non-hydrogen) atoms. The Hall–Kier alpha value is -2.13. The maximum Gasteiger partial charge on any atom is 0.197 e. The van der Waals surface area contributed by atoms with Crippen LogP contribution in [0.25, 0.3) is 11.1 Å². The highest BCUT2D eigenvalue weighted by Crippen LogP contribution is 2.37. The Bertz CT molecular complexity index is 729. The fourth-order valence-electron chi connectivity index (χ4n) is 3.03. The van der Waals surface area contributed by atoms with E-state index in [9.17, 15) is 0 Å². The molecule has 3 nitrogen and oxygen atoms in total. The minimum absolute atomic E-state index is 0.0676. The van der Waals surface area contributed by atoms with Crippen LogP contribution in [0, 0.1) is 0 Å². The van der Waals surface area contributed by atoms with Crippen LogP contribution in [0.3, 0.4) is 0 Å². The van der Waals surface area contributed by atoms with E-state index in [0.29, 0.717) is 12.3 Å². The minimum atomic E-state index is 0.0676. The van der Waals surface area contributed by atoms with E-state index in [1.807, 2.05) is 24.3 Å². The van der Waals surface area contributed by atoms with Crippen molar-refractivity contribution in [2.75, 3.05) is 0 Å². The highest BCUT2D eigenvalue weighted by molar-refractivity contribution is 5.72. The van der Waals surface area contributed by atoms with E-state index in [2.05, 4.69) is 29.2 Å². The third-order valence-electron chi connectivity index (χ3n) is 4.16. The summed E-state index contributed by atoms with van der Waals surface area (Å²) in [6.07, 6.45) is 1.76. The van der Waals surface area contributed by atoms with Crippen LogP contribution >= 0.6 is 0 Å². The number of aromatic nitrogens is 1. The molecule has 4 rings (SSSR count). The average molecular weight is 264 g/mol. The Balaban J connectivity index is 1.55. The maximum atomic E-state index is 6.35. The van der Waals surface area contributed by atoms with Crippen LogP contribution in [0.15, 0.2) is 52.9 Å². The molecular weight excluding hydrogens is 248 g/mol. The first-order valence-corrected chi connectivity index (χ1v) is 6.99. The molecule has 2 atom stereocenters. The second-order valence-corrected chi connectivity index (χ2v) is 5.45. The Morgan fingerprint density at radius 2 is 1.95 bits per heavy atom. The number of benzene rings is 2. The standard InChI is InChI=1S/C17H16N2O/c18-14(13-9-11-5-1-2-6-12(11)13)10-17-19-15-7-3-4-8-16(15)20-17/h1-8,13-14H,9-10,18H2. The van der Waals surface area contributed by atoms with Gasteiger partial charge < -0.3 is 10.2 Å². The molecule has 0 aliphatic heterocycles. The van der Waals surface area contributed by atoms with Crippen LogP contribution in [0.2, 0.25) is 0 Å². The van der Waals surface area contributed by atoms with Crippen molar-refractivity contribution < 1.29 is 4.42 Å². The van der Waals surface area contributed by atoms with Crippen molar-refractivity contribution in [3.8, 4) is 0 Å². The van der Waals surface area contributed by atoms with Crippen LogP contribution in [0.5, 0.6) is 0 Å². The summed E-state index contributed by atoms with van der Waals surface area (Å²) in [6, 6.07) is 16.4. The Kier molecular flexibility index (Phi) is 2.60. The third kappa shape index (κ3) is 1.82. The molecule has 100 valence electrons. The predicted molar refractivity (Wildman–Crippen MR) is 78.6 cm³/mol. The summed E-state index contributed by atoms with van der Waals surface area (Å²) in [5.74, 6) is 1.17. The van der Waals surface area contributed by atoms with Gasteiger partial charge in [-0.15, -0.1) is 0 Å². The number of nitrogens with two attached hydrogens (primary N) is 1. The monoisotopic (exact) mass is 264 g/mol. The lowest BCUT2D eigenvalue weighted by atomic mass is 9.73. The Morgan fingerprint density at radius 1 is 1.15 bits per heavy atom. The minimum Gasteiger partial charge on any atom is -0.441 e. The van der Waals surface area contributed by atoms with Gasteiger partial charge in [0.05, 0.1) is 0 Å². The second-order valence-electron chi connectivity index (χ2n) is 5.45. The molecule has 0 saturated carbocycles. The van der Waals surface area contributed by atoms with Gasteiger partial charge in [0.1, 0.15) is 5.52 Å². The van der Waals surface area contributed by atoms with E-state index >= 15 is 0 Å². The molecule has 0 radical (unpaired) electrons. The molecule has 0 bridgehead atoms. The van der Waals surface area contributed by atoms with Crippen molar-refractivity contribution >= 4 is 11.1 Å². The number of nitrogens with zero attached hydrogens (tertiary/aromatic N) is 1. The lowest BCUT2D eigenvalue weighted by Gasteiger charge is -2.34. The van der Waals surface area contributed by atoms with E-state index < -0.39 is 0 Å². The first-order valence-electron chi connectivity index (χ1n) is 6.99. The molecule has 0 amide bonds. The number of rotatable bonds is 3. The van der Waals surface area contributed by atoms with Crippen molar-refractivity contribution in [3.05, 3.63) is 65.5 Å². The van der Waals surface area contributed by atoms with Crippen molar-refractivity contribution in [1.29, 1.82) is 0 Å². The zero-order valence-electron chi connectivity index (χ0n) is 11.1. The number of fused-ring (bicyclic) bond motifs is 2. The summed E-state index contributed by atoms with van der Waals surface area (Å²) in [7, 11) is 0. The van der Waals surface area contributed by atoms with E-state index in [4.69, 9.17) is 10.2 Å². The molecule has 1 aromatic heterocycles. The van der Waals surface area contributed by atoms with E-state index in [1.165, 1.54) is 11.1 Å². The van der Waals surface area contributed by atoms with Gasteiger partial charge in [-0.25, -0.2) is 4.98 Å². The summed E-state index contributed by atoms with van der Waals surface area (Å²) in [4.78, 5) is 4.50. The molecule has 2 N–H and O–H groups in total. The van der Waals surface area contributed by atoms with E-state index in [1.54, 1.807) is 0 Å². The van der Waals surface area contributed by atoms with Gasteiger partial charge in [0, 0.05) is 18.4 Å². The van der Waals surface area contributed by atoms with Gasteiger partial charge in [0.2, 0.25) is 0 Å². The first-order chi connectivity index (χ1) is 9.81. The molecule has 1 heterocycles. The highest BCUT2D eigenvalue weighted by Gasteiger charge is 2.31. The molecule has 2 aromatic carbocycles. The van der Waals surface area contributed by atoms with Crippen molar-refractivity contribution in [2.24, 2.45) is 5.73 Å². The van der Waals surface area contributed by atoms with Gasteiger partial charge in [-0.3, -0.25) is 0 Å². The summed E-state index contributed by atoms with van der Waals surface area (Å²) in [6.45, 7) is 0. The molecule has 0 fully saturated rings. The zero-order chi connectivity index (χ0) is 13.5. The molecule has 3 aromatic rings. The van der Waals surface area contributed by atoms with E-state index in [0.717, 1.165) is 23.4 Å². The van der Waals surface area contributed by atoms with Gasteiger partial charge in [-0.1, -0.05) is 36.4 Å². The molecule has 1 aliphatic carbocycles. The fraction of sp³-hybridized carbons (Fsp3) is 0.235.